The van der Waals surface area contributed by atoms with Gasteiger partial charge in [-0.3, -0.25) is 13.9 Å². The van der Waals surface area contributed by atoms with Crippen LogP contribution >= 0.6 is 38.4 Å². The molecular weight excluding hydrogens is 616 g/mol. The zero-order valence-corrected chi connectivity index (χ0v) is 31.4. The maximum atomic E-state index is 12.3. The van der Waals surface area contributed by atoms with E-state index in [1.54, 1.807) is 31.2 Å². The predicted molar refractivity (Wildman–Crippen MR) is 138 cm³/mol. The van der Waals surface area contributed by atoms with Crippen molar-refractivity contribution in [3.05, 3.63) is 24.3 Å². The van der Waals surface area contributed by atoms with Gasteiger partial charge in [0.1, 0.15) is 24.8 Å². The molecule has 2 amide bonds. The summed E-state index contributed by atoms with van der Waals surface area (Å²) in [7, 11) is -11.0. The molecule has 0 aliphatic rings. The van der Waals surface area contributed by atoms with Crippen LogP contribution in [-0.4, -0.2) is 79.5 Å². The zero-order chi connectivity index (χ0) is 26.9. The van der Waals surface area contributed by atoms with Gasteiger partial charge in [-0.2, -0.15) is 0 Å². The van der Waals surface area contributed by atoms with Gasteiger partial charge in [-0.1, -0.05) is 0 Å². The first kappa shape index (κ1) is 44.4. The maximum absolute atomic E-state index is 12.3. The molecule has 0 bridgehead atoms. The Hall–Kier alpha value is 1.96. The normalized spacial score (nSPS) is 12.7. The van der Waals surface area contributed by atoms with E-state index in [9.17, 15) is 23.8 Å². The molecule has 0 aliphatic carbocycles. The third kappa shape index (κ3) is 12.7. The Labute approximate surface area is 303 Å². The number of unbranched alkanes of at least 4 members (excludes halogenated alkanes) is 1. The van der Waals surface area contributed by atoms with Crippen LogP contribution in [0, 0.1) is 0 Å². The Balaban J connectivity index is -0.000000510. The molecule has 206 valence electrons. The molecule has 0 unspecified atom stereocenters. The molecule has 0 aliphatic heterocycles. The first-order valence-electron chi connectivity index (χ1n) is 10.6. The number of hydrogen-bond acceptors (Lipinski definition) is 6. The van der Waals surface area contributed by atoms with Gasteiger partial charge in [0, 0.05) is 24.4 Å². The van der Waals surface area contributed by atoms with E-state index in [4.69, 9.17) is 42.8 Å². The smallest absolute Gasteiger partial charge is 1.00 e. The van der Waals surface area contributed by atoms with Crippen molar-refractivity contribution in [1.29, 1.82) is 0 Å². The fraction of sp³-hybridized carbons (Fsp3) is 0.579. The summed E-state index contributed by atoms with van der Waals surface area (Å²) in [5, 5.41) is 12.0. The number of benzene rings is 1. The molecule has 1 aromatic carbocycles. The molecule has 0 saturated carbocycles. The maximum Gasteiger partial charge on any atom is 1.00 e. The predicted octanol–water partition coefficient (Wildman–Crippen LogP) is -6.93. The second-order valence-electron chi connectivity index (χ2n) is 7.99. The largest absolute Gasteiger partial charge is 1.00 e. The zero-order valence-electron chi connectivity index (χ0n) is 25.1. The van der Waals surface area contributed by atoms with Crippen LogP contribution in [0.2, 0.25) is 0 Å². The van der Waals surface area contributed by atoms with Gasteiger partial charge in [-0.25, -0.2) is 9.28 Å². The summed E-state index contributed by atoms with van der Waals surface area (Å²) in [5.41, 5.74) is 1.32. The van der Waals surface area contributed by atoms with Crippen molar-refractivity contribution in [3.8, 4) is 0 Å². The molecule has 19 heteroatoms. The Morgan fingerprint density at radius 2 is 1.50 bits per heavy atom. The third-order valence-electron chi connectivity index (χ3n) is 5.50. The molecule has 1 rings (SSSR count). The number of nitrogens with one attached hydrogen (secondary N) is 2. The van der Waals surface area contributed by atoms with Crippen LogP contribution in [0.3, 0.4) is 0 Å². The van der Waals surface area contributed by atoms with E-state index >= 15 is 0 Å². The van der Waals surface area contributed by atoms with Crippen LogP contribution in [0.4, 0.5) is 11.4 Å². The Bertz CT molecular complexity index is 943. The Kier molecular flexibility index (Phi) is 23.4. The number of alkyl halides is 2. The van der Waals surface area contributed by atoms with E-state index in [2.05, 4.69) is 10.6 Å². The summed E-state index contributed by atoms with van der Waals surface area (Å²) >= 11 is 11.7. The van der Waals surface area contributed by atoms with Crippen LogP contribution in [0.1, 0.15) is 30.5 Å². The Morgan fingerprint density at radius 1 is 1.03 bits per heavy atom. The Morgan fingerprint density at radius 3 is 1.89 bits per heavy atom. The average molecular weight is 651 g/mol. The van der Waals surface area contributed by atoms with Crippen molar-refractivity contribution in [2.45, 2.75) is 37.3 Å². The quantitative estimate of drug-likeness (QED) is 0.0226. The van der Waals surface area contributed by atoms with E-state index in [0.717, 1.165) is 6.41 Å². The molecule has 1 aromatic rings. The van der Waals surface area contributed by atoms with Crippen molar-refractivity contribution in [3.63, 3.8) is 0 Å². The summed E-state index contributed by atoms with van der Waals surface area (Å²) in [5.74, 6) is 0.145. The van der Waals surface area contributed by atoms with Gasteiger partial charge in [0.15, 0.2) is 0 Å². The number of amides is 2. The van der Waals surface area contributed by atoms with Crippen molar-refractivity contribution in [2.24, 2.45) is 0 Å². The number of rotatable bonds is 16. The SMILES string of the molecule is C[C@H](Nc1ccc([N+](C=O)(CCCl)CCCl)cc1)C(=O)NCCCCC(O)(P(=O)(O)O)P(=O)(O)O.[H-].[H-].[H-].[Na+].[Na+].[Na+]. The first-order chi connectivity index (χ1) is 16.2. The molecule has 38 heavy (non-hydrogen) atoms. The molecule has 0 saturated heterocycles. The van der Waals surface area contributed by atoms with Gasteiger partial charge in [-0.15, -0.1) is 23.2 Å². The molecule has 7 N–H and O–H groups in total. The van der Waals surface area contributed by atoms with Crippen molar-refractivity contribution in [2.75, 3.05) is 36.7 Å². The number of aliphatic hydroxyl groups is 1. The molecule has 0 heterocycles. The topological polar surface area (TPSA) is 193 Å². The molecule has 0 aromatic heterocycles. The fourth-order valence-corrected chi connectivity index (χ4v) is 6.18. The number of anilines is 1. The van der Waals surface area contributed by atoms with Crippen LogP contribution in [0.25, 0.3) is 0 Å². The minimum absolute atomic E-state index is 0. The number of quaternary nitrogens is 1. The van der Waals surface area contributed by atoms with Gasteiger partial charge in [0.2, 0.25) is 5.91 Å². The summed E-state index contributed by atoms with van der Waals surface area (Å²) < 4.78 is 22.6. The van der Waals surface area contributed by atoms with Crippen LogP contribution < -0.4 is 104 Å². The average Bonchev–Trinajstić information content (AvgIpc) is 2.77. The molecule has 12 nitrogen and oxygen atoms in total. The van der Waals surface area contributed by atoms with Gasteiger partial charge in [0.25, 0.3) is 5.08 Å². The second-order valence-corrected chi connectivity index (χ2v) is 12.8. The van der Waals surface area contributed by atoms with Gasteiger partial charge in [0.05, 0.1) is 11.8 Å². The van der Waals surface area contributed by atoms with Gasteiger partial charge < -0.3 is 39.6 Å². The third-order valence-corrected chi connectivity index (χ3v) is 9.71. The monoisotopic (exact) mass is 650 g/mol. The van der Waals surface area contributed by atoms with Gasteiger partial charge in [-0.05, 0) is 38.3 Å². The summed E-state index contributed by atoms with van der Waals surface area (Å²) in [4.78, 5) is 60.6. The first-order valence-corrected chi connectivity index (χ1v) is 14.9. The van der Waals surface area contributed by atoms with Gasteiger partial charge >= 0.3 is 110 Å². The van der Waals surface area contributed by atoms with E-state index in [-0.39, 0.29) is 129 Å². The molecule has 1 atom stereocenters. The van der Waals surface area contributed by atoms with Crippen LogP contribution in [0.15, 0.2) is 24.3 Å². The minimum Gasteiger partial charge on any atom is -1.00 e. The summed E-state index contributed by atoms with van der Waals surface area (Å²) in [6, 6.07) is 6.23. The van der Waals surface area contributed by atoms with E-state index < -0.39 is 38.6 Å². The number of carbonyl (C=O) groups is 2. The van der Waals surface area contributed by atoms with E-state index in [1.807, 2.05) is 0 Å². The van der Waals surface area contributed by atoms with Crippen LogP contribution in [-0.2, 0) is 18.7 Å². The van der Waals surface area contributed by atoms with E-state index in [1.165, 1.54) is 0 Å². The standard InChI is InChI=1S/C19H31Cl2N3O9P2.3Na.3H/c1-15(18(26)22-11-3-2-8-19(27,34(28,29)30)35(31,32)33)23-16-4-6-17(7-5-16)24(14-25,12-9-20)13-10-21;;;;;;/h4-7,14-15,23,27H,2-3,8-13H2,1H3,(H4-,22,26,28,29,30,31,32,33);;;;;;/q;3*+1;3*-1/p+1/t15-;;;;;;/m0....../s1. The fourth-order valence-electron chi connectivity index (χ4n) is 3.32. The van der Waals surface area contributed by atoms with Crippen molar-refractivity contribution < 1.29 is 136 Å². The number of halogens is 2. The van der Waals surface area contributed by atoms with Crippen LogP contribution in [0.5, 0.6) is 0 Å². The molecular formula is C19H35Cl2N3Na3O9P2+. The number of nitrogens with zero attached hydrogens (tertiary/aromatic N) is 1. The molecule has 0 spiro atoms. The summed E-state index contributed by atoms with van der Waals surface area (Å²) in [6.45, 7) is 2.42. The van der Waals surface area contributed by atoms with Crippen molar-refractivity contribution in [1.82, 2.24) is 9.80 Å². The number of hydrogen-bond donors (Lipinski definition) is 7. The van der Waals surface area contributed by atoms with Crippen molar-refractivity contribution >= 4 is 62.1 Å². The minimum atomic E-state index is -5.49. The molecule has 0 fully saturated rings. The summed E-state index contributed by atoms with van der Waals surface area (Å²) in [6.07, 6.45) is -0.0877. The van der Waals surface area contributed by atoms with E-state index in [0.29, 0.717) is 24.5 Å². The second kappa shape index (κ2) is 20.0. The number of carbonyl (C=O) groups excluding carboxylic acids is 2. The molecule has 0 radical (unpaired) electrons.